The second kappa shape index (κ2) is 9.44. The number of rotatable bonds is 5. The maximum Gasteiger partial charge on any atom is 0.255 e. The number of nitrogens with zero attached hydrogens (tertiary/aromatic N) is 5. The first kappa shape index (κ1) is 21.8. The van der Waals surface area contributed by atoms with Gasteiger partial charge < -0.3 is 14.4 Å². The topological polar surface area (TPSA) is 82.4 Å². The first-order chi connectivity index (χ1) is 16.6. The molecule has 0 spiro atoms. The first-order valence-corrected chi connectivity index (χ1v) is 11.1. The average Bonchev–Trinajstić information content (AvgIpc) is 2.91. The zero-order chi connectivity index (χ0) is 23.5. The Kier molecular flexibility index (Phi) is 6.05. The minimum Gasteiger partial charge on any atom is -0.496 e. The summed E-state index contributed by atoms with van der Waals surface area (Å²) >= 11 is 0. The molecule has 5 rings (SSSR count). The van der Waals surface area contributed by atoms with Gasteiger partial charge in [0.15, 0.2) is 0 Å². The van der Waals surface area contributed by atoms with E-state index in [1.54, 1.807) is 43.4 Å². The highest BCUT2D eigenvalue weighted by molar-refractivity contribution is 5.65. The van der Waals surface area contributed by atoms with Crippen molar-refractivity contribution in [2.45, 2.75) is 6.10 Å². The van der Waals surface area contributed by atoms with E-state index >= 15 is 0 Å². The van der Waals surface area contributed by atoms with Gasteiger partial charge in [-0.3, -0.25) is 19.3 Å². The van der Waals surface area contributed by atoms with Gasteiger partial charge in [0.05, 0.1) is 26.0 Å². The van der Waals surface area contributed by atoms with Crippen molar-refractivity contribution in [3.8, 4) is 28.1 Å². The third kappa shape index (κ3) is 4.27. The molecule has 1 fully saturated rings. The summed E-state index contributed by atoms with van der Waals surface area (Å²) in [5.74, 6) is 1.36. The molecule has 0 radical (unpaired) electrons. The molecular formula is C26H25N5O3. The van der Waals surface area contributed by atoms with E-state index in [0.717, 1.165) is 28.0 Å². The summed E-state index contributed by atoms with van der Waals surface area (Å²) in [6.07, 6.45) is 6.74. The van der Waals surface area contributed by atoms with E-state index in [9.17, 15) is 4.79 Å². The molecule has 0 amide bonds. The summed E-state index contributed by atoms with van der Waals surface area (Å²) in [4.78, 5) is 28.0. The quantitative estimate of drug-likeness (QED) is 0.456. The van der Waals surface area contributed by atoms with Gasteiger partial charge in [-0.05, 0) is 35.9 Å². The molecule has 8 heteroatoms. The van der Waals surface area contributed by atoms with E-state index < -0.39 is 0 Å². The largest absolute Gasteiger partial charge is 0.496 e. The molecule has 0 N–H and O–H groups in total. The van der Waals surface area contributed by atoms with Crippen LogP contribution in [0, 0.1) is 0 Å². The Labute approximate surface area is 197 Å². The zero-order valence-electron chi connectivity index (χ0n) is 19.1. The molecule has 1 saturated heterocycles. The van der Waals surface area contributed by atoms with Crippen molar-refractivity contribution >= 4 is 5.95 Å². The van der Waals surface area contributed by atoms with Gasteiger partial charge in [0.25, 0.3) is 5.56 Å². The lowest BCUT2D eigenvalue weighted by molar-refractivity contribution is 0.0375. The number of hydrogen-bond acceptors (Lipinski definition) is 7. The highest BCUT2D eigenvalue weighted by Gasteiger charge is 2.27. The van der Waals surface area contributed by atoms with Crippen molar-refractivity contribution in [1.82, 2.24) is 19.5 Å². The molecule has 172 valence electrons. The second-order valence-corrected chi connectivity index (χ2v) is 8.08. The van der Waals surface area contributed by atoms with Crippen LogP contribution in [0.2, 0.25) is 0 Å². The Morgan fingerprint density at radius 3 is 2.62 bits per heavy atom. The fourth-order valence-electron chi connectivity index (χ4n) is 4.20. The van der Waals surface area contributed by atoms with E-state index in [4.69, 9.17) is 14.5 Å². The SMILES string of the molecule is COc1ccc(-c2cccnc2)cc1C1CN(c2nc(-c3ccncc3)cc(=O)n2C)CCO1. The van der Waals surface area contributed by atoms with Crippen LogP contribution in [-0.4, -0.2) is 46.3 Å². The zero-order valence-corrected chi connectivity index (χ0v) is 19.1. The van der Waals surface area contributed by atoms with Crippen molar-refractivity contribution < 1.29 is 9.47 Å². The lowest BCUT2D eigenvalue weighted by Crippen LogP contribution is -2.41. The molecule has 4 heterocycles. The number of morpholine rings is 1. The molecular weight excluding hydrogens is 430 g/mol. The third-order valence-electron chi connectivity index (χ3n) is 6.01. The number of anilines is 1. The van der Waals surface area contributed by atoms with E-state index in [-0.39, 0.29) is 11.7 Å². The summed E-state index contributed by atoms with van der Waals surface area (Å²) < 4.78 is 13.4. The number of methoxy groups -OCH3 is 1. The molecule has 1 unspecified atom stereocenters. The fourth-order valence-corrected chi connectivity index (χ4v) is 4.20. The Morgan fingerprint density at radius 2 is 1.85 bits per heavy atom. The van der Waals surface area contributed by atoms with Gasteiger partial charge in [-0.2, -0.15) is 0 Å². The smallest absolute Gasteiger partial charge is 0.255 e. The van der Waals surface area contributed by atoms with E-state index in [1.807, 2.05) is 42.6 Å². The lowest BCUT2D eigenvalue weighted by Gasteiger charge is -2.35. The molecule has 1 aromatic carbocycles. The van der Waals surface area contributed by atoms with Gasteiger partial charge in [-0.1, -0.05) is 12.1 Å². The number of benzene rings is 1. The van der Waals surface area contributed by atoms with Crippen molar-refractivity contribution in [1.29, 1.82) is 0 Å². The highest BCUT2D eigenvalue weighted by atomic mass is 16.5. The molecule has 1 aliphatic rings. The van der Waals surface area contributed by atoms with Gasteiger partial charge in [0.1, 0.15) is 11.9 Å². The summed E-state index contributed by atoms with van der Waals surface area (Å²) in [5, 5.41) is 0. The molecule has 3 aromatic heterocycles. The standard InChI is InChI=1S/C26H25N5O3/c1-30-25(32)15-22(18-7-10-27-11-8-18)29-26(30)31-12-13-34-24(17-31)21-14-19(5-6-23(21)33-2)20-4-3-9-28-16-20/h3-11,14-16,24H,12-13,17H2,1-2H3. The maximum absolute atomic E-state index is 12.8. The number of pyridine rings is 2. The van der Waals surface area contributed by atoms with Crippen molar-refractivity contribution in [3.05, 3.63) is 89.2 Å². The molecule has 0 bridgehead atoms. The minimum atomic E-state index is -0.248. The monoisotopic (exact) mass is 455 g/mol. The van der Waals surface area contributed by atoms with Crippen LogP contribution in [-0.2, 0) is 11.8 Å². The van der Waals surface area contributed by atoms with Crippen LogP contribution in [0.3, 0.4) is 0 Å². The lowest BCUT2D eigenvalue weighted by atomic mass is 9.99. The summed E-state index contributed by atoms with van der Waals surface area (Å²) in [5.41, 5.74) is 4.37. The van der Waals surface area contributed by atoms with Crippen LogP contribution in [0.5, 0.6) is 5.75 Å². The Balaban J connectivity index is 1.50. The molecule has 34 heavy (non-hydrogen) atoms. The summed E-state index contributed by atoms with van der Waals surface area (Å²) in [6.45, 7) is 1.66. The van der Waals surface area contributed by atoms with Crippen molar-refractivity contribution in [2.75, 3.05) is 31.7 Å². The number of hydrogen-bond donors (Lipinski definition) is 0. The Hall–Kier alpha value is -4.04. The van der Waals surface area contributed by atoms with E-state index in [1.165, 1.54) is 0 Å². The predicted molar refractivity (Wildman–Crippen MR) is 130 cm³/mol. The third-order valence-corrected chi connectivity index (χ3v) is 6.01. The Bertz CT molecular complexity index is 1340. The van der Waals surface area contributed by atoms with E-state index in [2.05, 4.69) is 20.9 Å². The van der Waals surface area contributed by atoms with Crippen LogP contribution in [0.4, 0.5) is 5.95 Å². The van der Waals surface area contributed by atoms with E-state index in [0.29, 0.717) is 31.3 Å². The minimum absolute atomic E-state index is 0.115. The van der Waals surface area contributed by atoms with Crippen LogP contribution < -0.4 is 15.2 Å². The van der Waals surface area contributed by atoms with Crippen LogP contribution in [0.25, 0.3) is 22.4 Å². The van der Waals surface area contributed by atoms with Gasteiger partial charge in [0, 0.05) is 61.1 Å². The van der Waals surface area contributed by atoms with Gasteiger partial charge in [-0.25, -0.2) is 4.98 Å². The molecule has 0 aliphatic carbocycles. The number of ether oxygens (including phenoxy) is 2. The first-order valence-electron chi connectivity index (χ1n) is 11.1. The van der Waals surface area contributed by atoms with Crippen LogP contribution in [0.1, 0.15) is 11.7 Å². The van der Waals surface area contributed by atoms with Crippen LogP contribution >= 0.6 is 0 Å². The normalized spacial score (nSPS) is 15.8. The van der Waals surface area contributed by atoms with Crippen molar-refractivity contribution in [3.63, 3.8) is 0 Å². The van der Waals surface area contributed by atoms with Gasteiger partial charge >= 0.3 is 0 Å². The maximum atomic E-state index is 12.8. The molecule has 0 saturated carbocycles. The second-order valence-electron chi connectivity index (χ2n) is 8.08. The predicted octanol–water partition coefficient (Wildman–Crippen LogP) is 3.49. The Morgan fingerprint density at radius 1 is 1.00 bits per heavy atom. The van der Waals surface area contributed by atoms with Gasteiger partial charge in [0.2, 0.25) is 5.95 Å². The van der Waals surface area contributed by atoms with Crippen molar-refractivity contribution in [2.24, 2.45) is 7.05 Å². The summed E-state index contributed by atoms with van der Waals surface area (Å²) in [7, 11) is 3.40. The van der Waals surface area contributed by atoms with Gasteiger partial charge in [-0.15, -0.1) is 0 Å². The molecule has 1 atom stereocenters. The molecule has 4 aromatic rings. The molecule has 8 nitrogen and oxygen atoms in total. The number of aromatic nitrogens is 4. The summed E-state index contributed by atoms with van der Waals surface area (Å²) in [6, 6.07) is 15.3. The fraction of sp³-hybridized carbons (Fsp3) is 0.231. The van der Waals surface area contributed by atoms with Crippen LogP contribution in [0.15, 0.2) is 78.1 Å². The highest BCUT2D eigenvalue weighted by Crippen LogP contribution is 2.35. The molecule has 1 aliphatic heterocycles. The average molecular weight is 456 g/mol.